The SMILES string of the molecule is CCCN1CCC(NC(=NCC2CCCC2O)NCC)CC1.I. The topological polar surface area (TPSA) is 59.9 Å². The molecule has 1 heterocycles. The van der Waals surface area contributed by atoms with E-state index >= 15 is 0 Å². The van der Waals surface area contributed by atoms with Crippen LogP contribution < -0.4 is 10.6 Å². The summed E-state index contributed by atoms with van der Waals surface area (Å²) in [7, 11) is 0. The molecular formula is C17H35IN4O. The molecule has 0 radical (unpaired) electrons. The highest BCUT2D eigenvalue weighted by atomic mass is 127. The number of likely N-dealkylation sites (tertiary alicyclic amines) is 1. The van der Waals surface area contributed by atoms with E-state index in [2.05, 4.69) is 29.4 Å². The fraction of sp³-hybridized carbons (Fsp3) is 0.941. The van der Waals surface area contributed by atoms with Gasteiger partial charge in [-0.05, 0) is 45.6 Å². The predicted molar refractivity (Wildman–Crippen MR) is 108 cm³/mol. The van der Waals surface area contributed by atoms with Gasteiger partial charge in [-0.3, -0.25) is 4.99 Å². The number of nitrogens with zero attached hydrogens (tertiary/aromatic N) is 2. The molecule has 0 aromatic heterocycles. The number of rotatable bonds is 6. The lowest BCUT2D eigenvalue weighted by Crippen LogP contribution is -2.49. The lowest BCUT2D eigenvalue weighted by atomic mass is 10.1. The number of aliphatic hydroxyl groups is 1. The van der Waals surface area contributed by atoms with Crippen LogP contribution >= 0.6 is 24.0 Å². The van der Waals surface area contributed by atoms with Gasteiger partial charge in [-0.25, -0.2) is 0 Å². The number of guanidine groups is 1. The number of hydrogen-bond donors (Lipinski definition) is 3. The molecule has 6 heteroatoms. The lowest BCUT2D eigenvalue weighted by molar-refractivity contribution is 0.136. The Labute approximate surface area is 158 Å². The zero-order chi connectivity index (χ0) is 15.8. The summed E-state index contributed by atoms with van der Waals surface area (Å²) in [6.07, 6.45) is 6.67. The van der Waals surface area contributed by atoms with E-state index in [-0.39, 0.29) is 30.1 Å². The smallest absolute Gasteiger partial charge is 0.191 e. The standard InChI is InChI=1S/C17H34N4O.HI/c1-3-10-21-11-8-15(9-12-21)20-17(18-4-2)19-13-14-6-5-7-16(14)22;/h14-16,22H,3-13H2,1-2H3,(H2,18,19,20);1H. The predicted octanol–water partition coefficient (Wildman–Crippen LogP) is 2.19. The van der Waals surface area contributed by atoms with Crippen molar-refractivity contribution in [3.63, 3.8) is 0 Å². The molecule has 0 amide bonds. The van der Waals surface area contributed by atoms with Crippen molar-refractivity contribution in [1.82, 2.24) is 15.5 Å². The van der Waals surface area contributed by atoms with E-state index in [1.54, 1.807) is 0 Å². The summed E-state index contributed by atoms with van der Waals surface area (Å²) in [6, 6.07) is 0.527. The first-order valence-electron chi connectivity index (χ1n) is 9.18. The number of hydrogen-bond acceptors (Lipinski definition) is 3. The third-order valence-corrected chi connectivity index (χ3v) is 4.92. The highest BCUT2D eigenvalue weighted by molar-refractivity contribution is 14.0. The van der Waals surface area contributed by atoms with Gasteiger partial charge in [-0.15, -0.1) is 24.0 Å². The zero-order valence-corrected chi connectivity index (χ0v) is 17.1. The maximum absolute atomic E-state index is 9.92. The van der Waals surface area contributed by atoms with Crippen LogP contribution in [0.3, 0.4) is 0 Å². The van der Waals surface area contributed by atoms with Crippen LogP contribution in [0.2, 0.25) is 0 Å². The summed E-state index contributed by atoms with van der Waals surface area (Å²) in [5.74, 6) is 1.28. The van der Waals surface area contributed by atoms with Gasteiger partial charge >= 0.3 is 0 Å². The van der Waals surface area contributed by atoms with Crippen molar-refractivity contribution in [1.29, 1.82) is 0 Å². The van der Waals surface area contributed by atoms with Gasteiger partial charge in [0.05, 0.1) is 6.10 Å². The van der Waals surface area contributed by atoms with Crippen LogP contribution in [0.25, 0.3) is 0 Å². The second kappa shape index (κ2) is 11.5. The Morgan fingerprint density at radius 1 is 1.17 bits per heavy atom. The summed E-state index contributed by atoms with van der Waals surface area (Å²) in [4.78, 5) is 7.27. The Morgan fingerprint density at radius 2 is 1.91 bits per heavy atom. The lowest BCUT2D eigenvalue weighted by Gasteiger charge is -2.32. The number of halogens is 1. The molecule has 136 valence electrons. The van der Waals surface area contributed by atoms with Crippen molar-refractivity contribution in [3.05, 3.63) is 0 Å². The Kier molecular flexibility index (Phi) is 10.5. The summed E-state index contributed by atoms with van der Waals surface area (Å²) < 4.78 is 0. The summed E-state index contributed by atoms with van der Waals surface area (Å²) in [6.45, 7) is 9.57. The van der Waals surface area contributed by atoms with Gasteiger partial charge in [0, 0.05) is 38.1 Å². The maximum atomic E-state index is 9.92. The van der Waals surface area contributed by atoms with Crippen molar-refractivity contribution in [2.45, 2.75) is 64.5 Å². The van der Waals surface area contributed by atoms with Gasteiger partial charge in [0.25, 0.3) is 0 Å². The third kappa shape index (κ3) is 7.13. The second-order valence-electron chi connectivity index (χ2n) is 6.74. The van der Waals surface area contributed by atoms with E-state index in [1.807, 2.05) is 0 Å². The van der Waals surface area contributed by atoms with E-state index in [0.29, 0.717) is 12.0 Å². The molecule has 0 spiro atoms. The molecule has 1 aliphatic heterocycles. The molecule has 2 aliphatic rings. The molecule has 23 heavy (non-hydrogen) atoms. The van der Waals surface area contributed by atoms with Gasteiger partial charge in [0.2, 0.25) is 0 Å². The van der Waals surface area contributed by atoms with Crippen molar-refractivity contribution in [3.8, 4) is 0 Å². The highest BCUT2D eigenvalue weighted by Crippen LogP contribution is 2.25. The minimum Gasteiger partial charge on any atom is -0.393 e. The molecule has 2 atom stereocenters. The number of nitrogens with one attached hydrogen (secondary N) is 2. The average Bonchev–Trinajstić information content (AvgIpc) is 2.92. The van der Waals surface area contributed by atoms with Crippen LogP contribution in [-0.4, -0.2) is 60.8 Å². The van der Waals surface area contributed by atoms with E-state index in [4.69, 9.17) is 4.99 Å². The number of aliphatic hydroxyl groups excluding tert-OH is 1. The molecule has 1 saturated heterocycles. The van der Waals surface area contributed by atoms with Gasteiger partial charge in [-0.2, -0.15) is 0 Å². The van der Waals surface area contributed by atoms with E-state index in [1.165, 1.54) is 38.9 Å². The first-order chi connectivity index (χ1) is 10.7. The zero-order valence-electron chi connectivity index (χ0n) is 14.8. The van der Waals surface area contributed by atoms with Crippen molar-refractivity contribution < 1.29 is 5.11 Å². The molecule has 0 bridgehead atoms. The molecule has 0 aromatic rings. The molecule has 3 N–H and O–H groups in total. The highest BCUT2D eigenvalue weighted by Gasteiger charge is 2.25. The van der Waals surface area contributed by atoms with Crippen LogP contribution in [0.1, 0.15) is 52.4 Å². The van der Waals surface area contributed by atoms with Crippen molar-refractivity contribution in [2.24, 2.45) is 10.9 Å². The molecule has 2 fully saturated rings. The largest absolute Gasteiger partial charge is 0.393 e. The summed E-state index contributed by atoms with van der Waals surface area (Å²) >= 11 is 0. The van der Waals surface area contributed by atoms with Crippen molar-refractivity contribution >= 4 is 29.9 Å². The quantitative estimate of drug-likeness (QED) is 0.338. The van der Waals surface area contributed by atoms with Gasteiger partial charge in [0.15, 0.2) is 5.96 Å². The van der Waals surface area contributed by atoms with Gasteiger partial charge in [-0.1, -0.05) is 13.3 Å². The Hall–Kier alpha value is -0.0800. The van der Waals surface area contributed by atoms with Crippen LogP contribution in [0, 0.1) is 5.92 Å². The molecule has 2 rings (SSSR count). The summed E-state index contributed by atoms with van der Waals surface area (Å²) in [5.41, 5.74) is 0. The number of piperidine rings is 1. The molecule has 0 aromatic carbocycles. The van der Waals surface area contributed by atoms with Crippen LogP contribution in [0.5, 0.6) is 0 Å². The number of aliphatic imine (C=N–C) groups is 1. The van der Waals surface area contributed by atoms with E-state index < -0.39 is 0 Å². The molecule has 1 aliphatic carbocycles. The van der Waals surface area contributed by atoms with E-state index in [0.717, 1.165) is 38.3 Å². The fourth-order valence-corrected chi connectivity index (χ4v) is 3.57. The molecule has 5 nitrogen and oxygen atoms in total. The average molecular weight is 438 g/mol. The normalized spacial score (nSPS) is 26.8. The minimum absolute atomic E-state index is 0. The van der Waals surface area contributed by atoms with Crippen LogP contribution in [0.15, 0.2) is 4.99 Å². The third-order valence-electron chi connectivity index (χ3n) is 4.92. The van der Waals surface area contributed by atoms with Gasteiger partial charge < -0.3 is 20.6 Å². The maximum Gasteiger partial charge on any atom is 0.191 e. The molecule has 2 unspecified atom stereocenters. The Balaban J connectivity index is 0.00000264. The first kappa shape index (κ1) is 21.0. The fourth-order valence-electron chi connectivity index (χ4n) is 3.57. The monoisotopic (exact) mass is 438 g/mol. The Morgan fingerprint density at radius 3 is 2.48 bits per heavy atom. The summed E-state index contributed by atoms with van der Waals surface area (Å²) in [5, 5.41) is 16.9. The molecular weight excluding hydrogens is 403 g/mol. The van der Waals surface area contributed by atoms with E-state index in [9.17, 15) is 5.11 Å². The Bertz CT molecular complexity index is 345. The van der Waals surface area contributed by atoms with Crippen LogP contribution in [0.4, 0.5) is 0 Å². The molecule has 1 saturated carbocycles. The minimum atomic E-state index is -0.149. The first-order valence-corrected chi connectivity index (χ1v) is 9.18. The van der Waals surface area contributed by atoms with Crippen molar-refractivity contribution in [2.75, 3.05) is 32.7 Å². The second-order valence-corrected chi connectivity index (χ2v) is 6.74. The van der Waals surface area contributed by atoms with Gasteiger partial charge in [0.1, 0.15) is 0 Å². The van der Waals surface area contributed by atoms with Crippen LogP contribution in [-0.2, 0) is 0 Å².